The van der Waals surface area contributed by atoms with Crippen molar-refractivity contribution in [1.82, 2.24) is 4.98 Å². The Morgan fingerprint density at radius 3 is 2.29 bits per heavy atom. The number of anilines is 1. The molecule has 0 fully saturated rings. The predicted molar refractivity (Wildman–Crippen MR) is 66.3 cm³/mol. The molecule has 1 aromatic rings. The van der Waals surface area contributed by atoms with Crippen LogP contribution in [-0.2, 0) is 14.8 Å². The number of sulfonamides is 1. The lowest BCUT2D eigenvalue weighted by atomic mass is 9.96. The van der Waals surface area contributed by atoms with Crippen molar-refractivity contribution in [1.29, 1.82) is 0 Å². The van der Waals surface area contributed by atoms with Crippen LogP contribution in [0.3, 0.4) is 0 Å². The molecule has 1 aromatic heterocycles. The lowest BCUT2D eigenvalue weighted by Crippen LogP contribution is -2.27. The first kappa shape index (κ1) is 14.1. The second-order valence-corrected chi connectivity index (χ2v) is 7.40. The van der Waals surface area contributed by atoms with Crippen LogP contribution in [0.1, 0.15) is 26.5 Å². The normalized spacial score (nSPS) is 12.5. The Labute approximate surface area is 104 Å². The van der Waals surface area contributed by atoms with Crippen molar-refractivity contribution < 1.29 is 13.2 Å². The van der Waals surface area contributed by atoms with Crippen molar-refractivity contribution in [3.63, 3.8) is 0 Å². The summed E-state index contributed by atoms with van der Waals surface area (Å²) in [6.45, 7) is 6.79. The summed E-state index contributed by atoms with van der Waals surface area (Å²) >= 11 is 0.855. The van der Waals surface area contributed by atoms with Gasteiger partial charge in [0.05, 0.1) is 5.69 Å². The first-order valence-electron chi connectivity index (χ1n) is 4.83. The third-order valence-electron chi connectivity index (χ3n) is 1.91. The van der Waals surface area contributed by atoms with Crippen LogP contribution in [0.2, 0.25) is 0 Å². The number of hydrogen-bond donors (Lipinski definition) is 2. The molecule has 17 heavy (non-hydrogen) atoms. The molecule has 6 nitrogen and oxygen atoms in total. The van der Waals surface area contributed by atoms with Gasteiger partial charge in [-0.1, -0.05) is 32.1 Å². The molecular formula is C9H15N3O3S2. The number of aromatic nitrogens is 1. The third-order valence-corrected chi connectivity index (χ3v) is 4.54. The first-order chi connectivity index (χ1) is 7.51. The molecule has 8 heteroatoms. The van der Waals surface area contributed by atoms with Crippen LogP contribution in [0, 0.1) is 12.3 Å². The lowest BCUT2D eigenvalue weighted by Gasteiger charge is -2.15. The Kier molecular flexibility index (Phi) is 3.60. The van der Waals surface area contributed by atoms with Gasteiger partial charge < -0.3 is 5.32 Å². The summed E-state index contributed by atoms with van der Waals surface area (Å²) in [5, 5.41) is 7.82. The number of nitrogens with zero attached hydrogens (tertiary/aromatic N) is 1. The number of nitrogens with one attached hydrogen (secondary N) is 1. The van der Waals surface area contributed by atoms with Gasteiger partial charge in [0, 0.05) is 5.41 Å². The molecule has 3 N–H and O–H groups in total. The largest absolute Gasteiger partial charge is 0.301 e. The third kappa shape index (κ3) is 3.48. The van der Waals surface area contributed by atoms with E-state index < -0.39 is 15.4 Å². The van der Waals surface area contributed by atoms with Gasteiger partial charge in [-0.25, -0.2) is 18.5 Å². The number of thiazole rings is 1. The summed E-state index contributed by atoms with van der Waals surface area (Å²) < 4.78 is 22.3. The van der Waals surface area contributed by atoms with Gasteiger partial charge in [0.25, 0.3) is 0 Å². The average Bonchev–Trinajstić information content (AvgIpc) is 2.44. The number of amides is 1. The van der Waals surface area contributed by atoms with E-state index in [0.29, 0.717) is 5.69 Å². The zero-order chi connectivity index (χ0) is 13.4. The predicted octanol–water partition coefficient (Wildman–Crippen LogP) is 1.08. The molecule has 96 valence electrons. The van der Waals surface area contributed by atoms with E-state index in [9.17, 15) is 13.2 Å². The molecule has 0 bridgehead atoms. The van der Waals surface area contributed by atoms with Crippen LogP contribution in [0.15, 0.2) is 4.21 Å². The van der Waals surface area contributed by atoms with E-state index in [1.807, 2.05) is 0 Å². The minimum atomic E-state index is -3.78. The summed E-state index contributed by atoms with van der Waals surface area (Å²) in [6, 6.07) is 0. The molecule has 0 aliphatic carbocycles. The van der Waals surface area contributed by atoms with Gasteiger partial charge in [0.1, 0.15) is 0 Å². The molecule has 0 aliphatic rings. The second-order valence-electron chi connectivity index (χ2n) is 4.64. The first-order valence-corrected chi connectivity index (χ1v) is 7.20. The van der Waals surface area contributed by atoms with Crippen molar-refractivity contribution in [2.45, 2.75) is 31.9 Å². The fourth-order valence-corrected chi connectivity index (χ4v) is 2.84. The van der Waals surface area contributed by atoms with Crippen LogP contribution >= 0.6 is 11.3 Å². The second kappa shape index (κ2) is 4.35. The van der Waals surface area contributed by atoms with E-state index >= 15 is 0 Å². The van der Waals surface area contributed by atoms with Gasteiger partial charge in [-0.15, -0.1) is 0 Å². The summed E-state index contributed by atoms with van der Waals surface area (Å²) in [4.78, 5) is 15.6. The quantitative estimate of drug-likeness (QED) is 0.844. The van der Waals surface area contributed by atoms with Crippen molar-refractivity contribution in [3.05, 3.63) is 5.69 Å². The number of rotatable bonds is 2. The molecule has 0 unspecified atom stereocenters. The summed E-state index contributed by atoms with van der Waals surface area (Å²) in [5.74, 6) is -0.229. The maximum Gasteiger partial charge on any atom is 0.249 e. The fourth-order valence-electron chi connectivity index (χ4n) is 0.984. The number of hydrogen-bond acceptors (Lipinski definition) is 5. The van der Waals surface area contributed by atoms with E-state index in [4.69, 9.17) is 5.14 Å². The maximum absolute atomic E-state index is 11.7. The Morgan fingerprint density at radius 2 is 1.94 bits per heavy atom. The van der Waals surface area contributed by atoms with Gasteiger partial charge in [0.2, 0.25) is 15.9 Å². The van der Waals surface area contributed by atoms with Crippen molar-refractivity contribution >= 4 is 32.4 Å². The SMILES string of the molecule is Cc1nc(NC(=O)C(C)(C)C)sc1S(N)(=O)=O. The topological polar surface area (TPSA) is 102 Å². The van der Waals surface area contributed by atoms with Crippen LogP contribution in [0.5, 0.6) is 0 Å². The van der Waals surface area contributed by atoms with Crippen molar-refractivity contribution in [3.8, 4) is 0 Å². The minimum Gasteiger partial charge on any atom is -0.301 e. The Balaban J connectivity index is 3.01. The van der Waals surface area contributed by atoms with Gasteiger partial charge >= 0.3 is 0 Å². The zero-order valence-corrected chi connectivity index (χ0v) is 11.7. The van der Waals surface area contributed by atoms with Gasteiger partial charge in [0.15, 0.2) is 9.34 Å². The standard InChI is InChI=1S/C9H15N3O3S2/c1-5-6(17(10,14)15)16-8(11-5)12-7(13)9(2,3)4/h1-4H3,(H2,10,14,15)(H,11,12,13). The molecule has 0 spiro atoms. The highest BCUT2D eigenvalue weighted by atomic mass is 32.2. The van der Waals surface area contributed by atoms with E-state index in [0.717, 1.165) is 11.3 Å². The Hall–Kier alpha value is -0.990. The highest BCUT2D eigenvalue weighted by molar-refractivity contribution is 7.91. The molecule has 0 radical (unpaired) electrons. The molecular weight excluding hydrogens is 262 g/mol. The van der Waals surface area contributed by atoms with E-state index in [-0.39, 0.29) is 15.2 Å². The summed E-state index contributed by atoms with van der Waals surface area (Å²) in [5.41, 5.74) is -0.275. The molecule has 0 aliphatic heterocycles. The Bertz CT molecular complexity index is 540. The van der Waals surface area contributed by atoms with Gasteiger partial charge in [-0.05, 0) is 6.92 Å². The summed E-state index contributed by atoms with van der Waals surface area (Å²) in [6.07, 6.45) is 0. The molecule has 0 atom stereocenters. The van der Waals surface area contributed by atoms with E-state index in [1.165, 1.54) is 6.92 Å². The average molecular weight is 277 g/mol. The summed E-state index contributed by atoms with van der Waals surface area (Å²) in [7, 11) is -3.78. The molecule has 1 heterocycles. The lowest BCUT2D eigenvalue weighted by molar-refractivity contribution is -0.123. The molecule has 0 saturated carbocycles. The van der Waals surface area contributed by atoms with E-state index in [1.54, 1.807) is 20.8 Å². The van der Waals surface area contributed by atoms with Crippen LogP contribution < -0.4 is 10.5 Å². The number of carbonyl (C=O) groups excluding carboxylic acids is 1. The Morgan fingerprint density at radius 1 is 1.41 bits per heavy atom. The molecule has 1 amide bonds. The van der Waals surface area contributed by atoms with Crippen LogP contribution in [-0.4, -0.2) is 19.3 Å². The van der Waals surface area contributed by atoms with Gasteiger partial charge in [-0.3, -0.25) is 4.79 Å². The van der Waals surface area contributed by atoms with Crippen LogP contribution in [0.4, 0.5) is 5.13 Å². The zero-order valence-electron chi connectivity index (χ0n) is 10.1. The number of primary sulfonamides is 1. The van der Waals surface area contributed by atoms with Crippen molar-refractivity contribution in [2.24, 2.45) is 10.6 Å². The maximum atomic E-state index is 11.7. The molecule has 1 rings (SSSR count). The highest BCUT2D eigenvalue weighted by Gasteiger charge is 2.24. The fraction of sp³-hybridized carbons (Fsp3) is 0.556. The van der Waals surface area contributed by atoms with Gasteiger partial charge in [-0.2, -0.15) is 0 Å². The van der Waals surface area contributed by atoms with Crippen molar-refractivity contribution in [2.75, 3.05) is 5.32 Å². The highest BCUT2D eigenvalue weighted by Crippen LogP contribution is 2.27. The number of aryl methyl sites for hydroxylation is 1. The van der Waals surface area contributed by atoms with Crippen LogP contribution in [0.25, 0.3) is 0 Å². The monoisotopic (exact) mass is 277 g/mol. The molecule has 0 aromatic carbocycles. The van der Waals surface area contributed by atoms with E-state index in [2.05, 4.69) is 10.3 Å². The molecule has 0 saturated heterocycles. The number of nitrogens with two attached hydrogens (primary N) is 1. The number of carbonyl (C=O) groups is 1. The smallest absolute Gasteiger partial charge is 0.249 e. The minimum absolute atomic E-state index is 0.0262.